The molecule has 25 heavy (non-hydrogen) atoms. The Morgan fingerprint density at radius 1 is 1.08 bits per heavy atom. The number of aromatic amines is 1. The molecule has 0 aliphatic carbocycles. The summed E-state index contributed by atoms with van der Waals surface area (Å²) in [5, 5.41) is 5.96. The Balaban J connectivity index is 1.53. The summed E-state index contributed by atoms with van der Waals surface area (Å²) in [5.41, 5.74) is 0.00755. The molecule has 2 aliphatic rings. The Kier molecular flexibility index (Phi) is 3.99. The molecule has 2 aromatic heterocycles. The van der Waals surface area contributed by atoms with Crippen LogP contribution in [0.15, 0.2) is 38.6 Å². The second-order valence-electron chi connectivity index (χ2n) is 5.94. The number of nitrogens with one attached hydrogen (secondary N) is 1. The third-order valence-electron chi connectivity index (χ3n) is 4.40. The molecule has 0 aromatic carbocycles. The number of rotatable bonds is 3. The maximum Gasteiger partial charge on any atom is 0.276 e. The second-order valence-corrected chi connectivity index (χ2v) is 7.81. The van der Waals surface area contributed by atoms with Crippen molar-refractivity contribution in [3.05, 3.63) is 34.6 Å². The number of piperidine rings is 1. The molecule has 2 aliphatic heterocycles. The average molecular weight is 367 g/mol. The van der Waals surface area contributed by atoms with Crippen molar-refractivity contribution < 1.29 is 22.3 Å². The molecule has 1 N–H and O–H groups in total. The van der Waals surface area contributed by atoms with E-state index in [2.05, 4.69) is 10.2 Å². The SMILES string of the molecule is O=c1ccc(-c2ccc(S(=O)(=O)N3CCC4(CC3)OCCO4)o2)n[nH]1. The van der Waals surface area contributed by atoms with Crippen LogP contribution in [0.1, 0.15) is 12.8 Å². The molecule has 0 unspecified atom stereocenters. The number of furan rings is 1. The fraction of sp³-hybridized carbons (Fsp3) is 0.467. The number of hydrogen-bond acceptors (Lipinski definition) is 7. The van der Waals surface area contributed by atoms with E-state index in [9.17, 15) is 13.2 Å². The normalized spacial score (nSPS) is 21.0. The van der Waals surface area contributed by atoms with Gasteiger partial charge in [-0.05, 0) is 18.2 Å². The first-order valence-corrected chi connectivity index (χ1v) is 9.37. The highest BCUT2D eigenvalue weighted by Gasteiger charge is 2.43. The maximum atomic E-state index is 12.8. The van der Waals surface area contributed by atoms with Gasteiger partial charge in [0.1, 0.15) is 5.69 Å². The van der Waals surface area contributed by atoms with Crippen molar-refractivity contribution in [2.24, 2.45) is 0 Å². The van der Waals surface area contributed by atoms with Crippen molar-refractivity contribution in [3.8, 4) is 11.5 Å². The fourth-order valence-electron chi connectivity index (χ4n) is 3.06. The topological polar surface area (TPSA) is 115 Å². The first-order chi connectivity index (χ1) is 12.0. The predicted molar refractivity (Wildman–Crippen MR) is 85.2 cm³/mol. The van der Waals surface area contributed by atoms with Gasteiger partial charge in [-0.3, -0.25) is 4.79 Å². The standard InChI is InChI=1S/C15H17N3O6S/c19-13-3-1-11(16-17-13)12-2-4-14(24-12)25(20,21)18-7-5-15(6-8-18)22-9-10-23-15/h1-4H,5-10H2,(H,17,19). The van der Waals surface area contributed by atoms with E-state index in [0.717, 1.165) is 0 Å². The minimum absolute atomic E-state index is 0.153. The van der Waals surface area contributed by atoms with Crippen molar-refractivity contribution >= 4 is 10.0 Å². The van der Waals surface area contributed by atoms with Crippen LogP contribution in [0.3, 0.4) is 0 Å². The van der Waals surface area contributed by atoms with Gasteiger partial charge in [-0.1, -0.05) is 0 Å². The lowest BCUT2D eigenvalue weighted by atomic mass is 10.1. The quantitative estimate of drug-likeness (QED) is 0.843. The van der Waals surface area contributed by atoms with E-state index in [-0.39, 0.29) is 16.4 Å². The highest BCUT2D eigenvalue weighted by Crippen LogP contribution is 2.34. The molecule has 1 spiro atoms. The van der Waals surface area contributed by atoms with Crippen LogP contribution in [0.25, 0.3) is 11.5 Å². The Hall–Kier alpha value is -2.01. The van der Waals surface area contributed by atoms with Gasteiger partial charge in [0.15, 0.2) is 11.5 Å². The van der Waals surface area contributed by atoms with Crippen molar-refractivity contribution in [1.29, 1.82) is 0 Å². The van der Waals surface area contributed by atoms with Crippen LogP contribution >= 0.6 is 0 Å². The monoisotopic (exact) mass is 367 g/mol. The smallest absolute Gasteiger partial charge is 0.276 e. The van der Waals surface area contributed by atoms with Crippen molar-refractivity contribution in [1.82, 2.24) is 14.5 Å². The predicted octanol–water partition coefficient (Wildman–Crippen LogP) is 0.557. The minimum Gasteiger partial charge on any atom is -0.442 e. The van der Waals surface area contributed by atoms with E-state index in [1.165, 1.54) is 28.6 Å². The van der Waals surface area contributed by atoms with E-state index >= 15 is 0 Å². The van der Waals surface area contributed by atoms with Crippen LogP contribution in [0.2, 0.25) is 0 Å². The molecule has 2 saturated heterocycles. The number of H-pyrrole nitrogens is 1. The number of hydrogen-bond donors (Lipinski definition) is 1. The summed E-state index contributed by atoms with van der Waals surface area (Å²) in [6.45, 7) is 1.69. The van der Waals surface area contributed by atoms with Crippen LogP contribution < -0.4 is 5.56 Å². The molecule has 0 radical (unpaired) electrons. The summed E-state index contributed by atoms with van der Waals surface area (Å²) in [7, 11) is -3.75. The van der Waals surface area contributed by atoms with Gasteiger partial charge in [0.25, 0.3) is 15.6 Å². The molecule has 134 valence electrons. The Morgan fingerprint density at radius 2 is 1.80 bits per heavy atom. The van der Waals surface area contributed by atoms with Crippen LogP contribution in [-0.4, -0.2) is 55.0 Å². The van der Waals surface area contributed by atoms with Gasteiger partial charge in [0.2, 0.25) is 5.09 Å². The van der Waals surface area contributed by atoms with Crippen LogP contribution in [-0.2, 0) is 19.5 Å². The van der Waals surface area contributed by atoms with Crippen LogP contribution in [0.5, 0.6) is 0 Å². The fourth-order valence-corrected chi connectivity index (χ4v) is 4.41. The molecule has 10 heteroatoms. The first-order valence-electron chi connectivity index (χ1n) is 7.93. The zero-order valence-electron chi connectivity index (χ0n) is 13.3. The molecule has 2 fully saturated rings. The van der Waals surface area contributed by atoms with Crippen molar-refractivity contribution in [2.75, 3.05) is 26.3 Å². The summed E-state index contributed by atoms with van der Waals surface area (Å²) in [6.07, 6.45) is 0.975. The third-order valence-corrected chi connectivity index (χ3v) is 6.18. The second kappa shape index (κ2) is 6.06. The van der Waals surface area contributed by atoms with Crippen LogP contribution in [0, 0.1) is 0 Å². The lowest BCUT2D eigenvalue weighted by molar-refractivity contribution is -0.179. The Bertz CT molecular complexity index is 898. The lowest BCUT2D eigenvalue weighted by Crippen LogP contribution is -2.47. The highest BCUT2D eigenvalue weighted by atomic mass is 32.2. The van der Waals surface area contributed by atoms with E-state index < -0.39 is 15.8 Å². The highest BCUT2D eigenvalue weighted by molar-refractivity contribution is 7.89. The summed E-state index contributed by atoms with van der Waals surface area (Å²) < 4.78 is 43.6. The molecule has 0 saturated carbocycles. The van der Waals surface area contributed by atoms with Gasteiger partial charge in [-0.15, -0.1) is 0 Å². The Labute approximate surface area is 143 Å². The van der Waals surface area contributed by atoms with Crippen LogP contribution in [0.4, 0.5) is 0 Å². The Morgan fingerprint density at radius 3 is 2.44 bits per heavy atom. The zero-order valence-corrected chi connectivity index (χ0v) is 14.1. The molecule has 0 amide bonds. The first kappa shape index (κ1) is 16.5. The van der Waals surface area contributed by atoms with Gasteiger partial charge >= 0.3 is 0 Å². The lowest BCUT2D eigenvalue weighted by Gasteiger charge is -2.36. The number of sulfonamides is 1. The molecular weight excluding hydrogens is 350 g/mol. The molecule has 2 aromatic rings. The molecule has 9 nitrogen and oxygen atoms in total. The third kappa shape index (κ3) is 3.01. The summed E-state index contributed by atoms with van der Waals surface area (Å²) in [6, 6.07) is 5.67. The zero-order chi connectivity index (χ0) is 17.5. The van der Waals surface area contributed by atoms with Gasteiger partial charge in [-0.2, -0.15) is 9.40 Å². The summed E-state index contributed by atoms with van der Waals surface area (Å²) >= 11 is 0. The van der Waals surface area contributed by atoms with Crippen molar-refractivity contribution in [3.63, 3.8) is 0 Å². The number of nitrogens with zero attached hydrogens (tertiary/aromatic N) is 2. The minimum atomic E-state index is -3.75. The van der Waals surface area contributed by atoms with Crippen molar-refractivity contribution in [2.45, 2.75) is 23.7 Å². The largest absolute Gasteiger partial charge is 0.442 e. The molecule has 0 atom stereocenters. The summed E-state index contributed by atoms with van der Waals surface area (Å²) in [4.78, 5) is 11.1. The van der Waals surface area contributed by atoms with Gasteiger partial charge in [0, 0.05) is 32.0 Å². The average Bonchev–Trinajstić information content (AvgIpc) is 3.27. The molecule has 4 heterocycles. The molecular formula is C15H17N3O6S. The summed E-state index contributed by atoms with van der Waals surface area (Å²) in [5.74, 6) is -0.369. The molecule has 0 bridgehead atoms. The van der Waals surface area contributed by atoms with Gasteiger partial charge in [0.05, 0.1) is 13.2 Å². The van der Waals surface area contributed by atoms with Gasteiger partial charge < -0.3 is 13.9 Å². The van der Waals surface area contributed by atoms with E-state index in [1.807, 2.05) is 0 Å². The molecule has 4 rings (SSSR count). The van der Waals surface area contributed by atoms with E-state index in [0.29, 0.717) is 44.8 Å². The van der Waals surface area contributed by atoms with Gasteiger partial charge in [-0.25, -0.2) is 13.5 Å². The number of ether oxygens (including phenoxy) is 2. The number of aromatic nitrogens is 2. The van der Waals surface area contributed by atoms with E-state index in [4.69, 9.17) is 13.9 Å². The maximum absolute atomic E-state index is 12.8. The van der Waals surface area contributed by atoms with E-state index in [1.54, 1.807) is 0 Å².